The summed E-state index contributed by atoms with van der Waals surface area (Å²) >= 11 is 0. The predicted molar refractivity (Wildman–Crippen MR) is 76.4 cm³/mol. The molecule has 1 aliphatic rings. The van der Waals surface area contributed by atoms with Gasteiger partial charge in [0.25, 0.3) is 5.91 Å². The summed E-state index contributed by atoms with van der Waals surface area (Å²) in [5, 5.41) is 5.46. The van der Waals surface area contributed by atoms with Gasteiger partial charge in [0.2, 0.25) is 5.76 Å². The molecule has 0 saturated carbocycles. The van der Waals surface area contributed by atoms with Crippen LogP contribution in [0.4, 0.5) is 16.2 Å². The highest BCUT2D eigenvalue weighted by molar-refractivity contribution is 6.03. The fraction of sp³-hybridized carbons (Fsp3) is 0.214. The lowest BCUT2D eigenvalue weighted by atomic mass is 10.2. The average Bonchev–Trinajstić information content (AvgIpc) is 3.08. The molecule has 1 saturated heterocycles. The van der Waals surface area contributed by atoms with E-state index >= 15 is 0 Å². The molecule has 108 valence electrons. The number of hydrogen-bond donors (Lipinski definition) is 2. The molecule has 0 unspecified atom stereocenters. The van der Waals surface area contributed by atoms with Crippen molar-refractivity contribution in [3.05, 3.63) is 42.1 Å². The highest BCUT2D eigenvalue weighted by atomic mass is 16.3. The van der Waals surface area contributed by atoms with Crippen molar-refractivity contribution in [1.29, 1.82) is 0 Å². The van der Waals surface area contributed by atoms with Crippen LogP contribution in [-0.2, 0) is 0 Å². The molecule has 1 aromatic heterocycles. The number of urea groups is 1. The minimum absolute atomic E-state index is 0.107. The molecule has 1 aliphatic heterocycles. The average molecular weight is 286 g/mol. The number of amides is 3. The number of hydrogen-bond acceptors (Lipinski definition) is 4. The largest absolute Gasteiger partial charge is 0.438 e. The quantitative estimate of drug-likeness (QED) is 0.900. The van der Waals surface area contributed by atoms with Crippen molar-refractivity contribution in [2.75, 3.05) is 23.3 Å². The fourth-order valence-corrected chi connectivity index (χ4v) is 2.15. The summed E-state index contributed by atoms with van der Waals surface area (Å²) in [5.41, 5.74) is 1.95. The van der Waals surface area contributed by atoms with Gasteiger partial charge in [0.1, 0.15) is 0 Å². The van der Waals surface area contributed by atoms with E-state index in [1.807, 2.05) is 0 Å². The lowest BCUT2D eigenvalue weighted by Gasteiger charge is -2.14. The second-order valence-corrected chi connectivity index (χ2v) is 4.65. The maximum Gasteiger partial charge on any atom is 0.321 e. The molecular formula is C14H14N4O3. The summed E-state index contributed by atoms with van der Waals surface area (Å²) in [6.07, 6.45) is 1.24. The Balaban J connectivity index is 1.71. The Morgan fingerprint density at radius 2 is 2.14 bits per heavy atom. The van der Waals surface area contributed by atoms with Gasteiger partial charge in [-0.2, -0.15) is 0 Å². The van der Waals surface area contributed by atoms with Gasteiger partial charge in [-0.05, 0) is 31.2 Å². The van der Waals surface area contributed by atoms with Gasteiger partial charge in [-0.1, -0.05) is 0 Å². The van der Waals surface area contributed by atoms with Crippen molar-refractivity contribution in [3.8, 4) is 0 Å². The lowest BCUT2D eigenvalue weighted by Crippen LogP contribution is -2.27. The summed E-state index contributed by atoms with van der Waals surface area (Å²) in [7, 11) is 0. The number of carbonyl (C=O) groups is 2. The van der Waals surface area contributed by atoms with E-state index in [0.717, 1.165) is 5.69 Å². The van der Waals surface area contributed by atoms with Crippen LogP contribution < -0.4 is 15.5 Å². The van der Waals surface area contributed by atoms with Crippen LogP contribution in [0.2, 0.25) is 0 Å². The smallest absolute Gasteiger partial charge is 0.321 e. The van der Waals surface area contributed by atoms with E-state index in [1.165, 1.54) is 6.39 Å². The first-order chi connectivity index (χ1) is 10.1. The van der Waals surface area contributed by atoms with Crippen LogP contribution in [0.5, 0.6) is 0 Å². The summed E-state index contributed by atoms with van der Waals surface area (Å²) in [4.78, 5) is 29.0. The highest BCUT2D eigenvalue weighted by Crippen LogP contribution is 2.20. The van der Waals surface area contributed by atoms with Gasteiger partial charge in [0, 0.05) is 24.5 Å². The molecular weight excluding hydrogens is 272 g/mol. The van der Waals surface area contributed by atoms with E-state index in [9.17, 15) is 9.59 Å². The molecule has 1 aromatic carbocycles. The molecule has 0 radical (unpaired) electrons. The Hall–Kier alpha value is -2.83. The van der Waals surface area contributed by atoms with Gasteiger partial charge in [-0.15, -0.1) is 0 Å². The first-order valence-corrected chi connectivity index (χ1v) is 6.52. The van der Waals surface area contributed by atoms with Crippen LogP contribution in [0.1, 0.15) is 16.2 Å². The highest BCUT2D eigenvalue weighted by Gasteiger charge is 2.21. The maximum absolute atomic E-state index is 12.0. The second kappa shape index (κ2) is 5.28. The molecule has 2 aromatic rings. The number of aryl methyl sites for hydroxylation is 1. The number of nitrogens with zero attached hydrogens (tertiary/aromatic N) is 2. The molecule has 7 nitrogen and oxygen atoms in total. The minimum Gasteiger partial charge on any atom is -0.438 e. The van der Waals surface area contributed by atoms with E-state index in [4.69, 9.17) is 4.42 Å². The normalized spacial score (nSPS) is 14.1. The van der Waals surface area contributed by atoms with Gasteiger partial charge in [0.15, 0.2) is 6.39 Å². The zero-order chi connectivity index (χ0) is 14.8. The molecule has 7 heteroatoms. The maximum atomic E-state index is 12.0. The van der Waals surface area contributed by atoms with Gasteiger partial charge < -0.3 is 15.1 Å². The topological polar surface area (TPSA) is 87.5 Å². The molecule has 3 amide bonds. The van der Waals surface area contributed by atoms with Gasteiger partial charge >= 0.3 is 6.03 Å². The monoisotopic (exact) mass is 286 g/mol. The van der Waals surface area contributed by atoms with Crippen LogP contribution >= 0.6 is 0 Å². The molecule has 0 bridgehead atoms. The zero-order valence-electron chi connectivity index (χ0n) is 11.4. The van der Waals surface area contributed by atoms with Crippen molar-refractivity contribution >= 4 is 23.3 Å². The molecule has 3 rings (SSSR count). The van der Waals surface area contributed by atoms with Crippen molar-refractivity contribution < 1.29 is 14.0 Å². The van der Waals surface area contributed by atoms with E-state index in [2.05, 4.69) is 15.6 Å². The third-order valence-electron chi connectivity index (χ3n) is 3.25. The minimum atomic E-state index is -0.350. The Labute approximate surface area is 121 Å². The standard InChI is InChI=1S/C14H14N4O3/c1-9-12(21-8-16-9)13(19)17-10-2-4-11(5-3-10)18-7-6-15-14(18)20/h2-5,8H,6-7H2,1H3,(H,15,20)(H,17,19). The summed E-state index contributed by atoms with van der Waals surface area (Å²) in [6.45, 7) is 2.98. The van der Waals surface area contributed by atoms with Crippen molar-refractivity contribution in [2.24, 2.45) is 0 Å². The number of benzene rings is 1. The number of oxazole rings is 1. The van der Waals surface area contributed by atoms with Crippen LogP contribution in [0.25, 0.3) is 0 Å². The third kappa shape index (κ3) is 2.58. The molecule has 0 spiro atoms. The van der Waals surface area contributed by atoms with Crippen LogP contribution in [-0.4, -0.2) is 30.0 Å². The molecule has 1 fully saturated rings. The van der Waals surface area contributed by atoms with Crippen molar-refractivity contribution in [1.82, 2.24) is 10.3 Å². The van der Waals surface area contributed by atoms with E-state index in [1.54, 1.807) is 36.1 Å². The van der Waals surface area contributed by atoms with Crippen molar-refractivity contribution in [3.63, 3.8) is 0 Å². The van der Waals surface area contributed by atoms with Crippen LogP contribution in [0.3, 0.4) is 0 Å². The van der Waals surface area contributed by atoms with Crippen molar-refractivity contribution in [2.45, 2.75) is 6.92 Å². The summed E-state index contributed by atoms with van der Waals surface area (Å²) in [6, 6.07) is 6.94. The lowest BCUT2D eigenvalue weighted by molar-refractivity contribution is 0.0996. The number of rotatable bonds is 3. The number of carbonyl (C=O) groups excluding carboxylic acids is 2. The number of aromatic nitrogens is 1. The van der Waals surface area contributed by atoms with Gasteiger partial charge in [-0.25, -0.2) is 9.78 Å². The predicted octanol–water partition coefficient (Wildman–Crippen LogP) is 1.76. The molecule has 2 heterocycles. The Morgan fingerprint density at radius 3 is 2.71 bits per heavy atom. The SMILES string of the molecule is Cc1ncoc1C(=O)Nc1ccc(N2CCNC2=O)cc1. The van der Waals surface area contributed by atoms with Crippen LogP contribution in [0, 0.1) is 6.92 Å². The first kappa shape index (κ1) is 13.2. The van der Waals surface area contributed by atoms with Gasteiger partial charge in [-0.3, -0.25) is 9.69 Å². The van der Waals surface area contributed by atoms with E-state index in [-0.39, 0.29) is 17.7 Å². The summed E-state index contributed by atoms with van der Waals surface area (Å²) in [5.74, 6) is -0.158. The molecule has 0 atom stereocenters. The number of anilines is 2. The Kier molecular flexibility index (Phi) is 3.31. The second-order valence-electron chi connectivity index (χ2n) is 4.65. The fourth-order valence-electron chi connectivity index (χ4n) is 2.15. The van der Waals surface area contributed by atoms with Gasteiger partial charge in [0.05, 0.1) is 5.69 Å². The zero-order valence-corrected chi connectivity index (χ0v) is 11.4. The van der Waals surface area contributed by atoms with Crippen LogP contribution in [0.15, 0.2) is 35.1 Å². The molecule has 2 N–H and O–H groups in total. The van der Waals surface area contributed by atoms with E-state index in [0.29, 0.717) is 24.5 Å². The first-order valence-electron chi connectivity index (χ1n) is 6.52. The number of nitrogens with one attached hydrogen (secondary N) is 2. The third-order valence-corrected chi connectivity index (χ3v) is 3.25. The molecule has 21 heavy (non-hydrogen) atoms. The Bertz CT molecular complexity index is 678. The van der Waals surface area contributed by atoms with E-state index < -0.39 is 0 Å². The molecule has 0 aliphatic carbocycles. The summed E-state index contributed by atoms with van der Waals surface area (Å²) < 4.78 is 5.03. The Morgan fingerprint density at radius 1 is 1.38 bits per heavy atom.